The summed E-state index contributed by atoms with van der Waals surface area (Å²) in [5, 5.41) is 11.6. The van der Waals surface area contributed by atoms with E-state index in [4.69, 9.17) is 17.0 Å². The number of rotatable bonds is 7. The van der Waals surface area contributed by atoms with Crippen molar-refractivity contribution in [1.82, 2.24) is 20.2 Å². The average molecular weight is 394 g/mol. The molecule has 2 rings (SSSR count). The van der Waals surface area contributed by atoms with Crippen LogP contribution in [0.1, 0.15) is 37.0 Å². The minimum atomic E-state index is -0.298. The lowest BCUT2D eigenvalue weighted by atomic mass is 10.2. The lowest BCUT2D eigenvalue weighted by Crippen LogP contribution is -2.38. The molecule has 0 spiro atoms. The minimum Gasteiger partial charge on any atom is -0.493 e. The Morgan fingerprint density at radius 2 is 2.00 bits per heavy atom. The predicted octanol–water partition coefficient (Wildman–Crippen LogP) is 2.99. The SMILES string of the molecule is CCSc1nnc(C)n1NC(=S)NC(=O)c1ccc(OCC(C)C)cc1. The number of ether oxygens (including phenoxy) is 1. The number of thioether (sulfide) groups is 1. The summed E-state index contributed by atoms with van der Waals surface area (Å²) in [7, 11) is 0. The van der Waals surface area contributed by atoms with Crippen LogP contribution in [0, 0.1) is 12.8 Å². The number of nitrogens with zero attached hydrogens (tertiary/aromatic N) is 3. The van der Waals surface area contributed by atoms with Gasteiger partial charge in [0, 0.05) is 5.56 Å². The molecule has 9 heteroatoms. The molecule has 0 unspecified atom stereocenters. The van der Waals surface area contributed by atoms with E-state index >= 15 is 0 Å². The van der Waals surface area contributed by atoms with Crippen LogP contribution in [0.15, 0.2) is 29.4 Å². The third-order valence-electron chi connectivity index (χ3n) is 3.21. The Bertz CT molecular complexity index is 759. The Labute approximate surface area is 162 Å². The standard InChI is InChI=1S/C17H23N5O2S2/c1-5-26-17-20-19-12(4)22(17)21-16(25)18-15(23)13-6-8-14(9-7-13)24-10-11(2)3/h6-9,11H,5,10H2,1-4H3,(H2,18,21,23,25). The van der Waals surface area contributed by atoms with Crippen molar-refractivity contribution in [2.24, 2.45) is 5.92 Å². The highest BCUT2D eigenvalue weighted by Crippen LogP contribution is 2.15. The van der Waals surface area contributed by atoms with Crippen LogP contribution in [0.5, 0.6) is 5.75 Å². The van der Waals surface area contributed by atoms with Gasteiger partial charge in [-0.3, -0.25) is 15.5 Å². The van der Waals surface area contributed by atoms with Gasteiger partial charge >= 0.3 is 0 Å². The summed E-state index contributed by atoms with van der Waals surface area (Å²) < 4.78 is 7.27. The van der Waals surface area contributed by atoms with Crippen LogP contribution >= 0.6 is 24.0 Å². The van der Waals surface area contributed by atoms with Gasteiger partial charge in [0.1, 0.15) is 11.6 Å². The van der Waals surface area contributed by atoms with E-state index in [0.29, 0.717) is 29.1 Å². The summed E-state index contributed by atoms with van der Waals surface area (Å²) in [6.07, 6.45) is 0. The van der Waals surface area contributed by atoms with Crippen molar-refractivity contribution in [2.75, 3.05) is 17.8 Å². The molecule has 2 aromatic rings. The number of hydrogen-bond donors (Lipinski definition) is 2. The zero-order valence-electron chi connectivity index (χ0n) is 15.3. The van der Waals surface area contributed by atoms with Gasteiger partial charge in [-0.05, 0) is 55.1 Å². The van der Waals surface area contributed by atoms with Crippen LogP contribution < -0.4 is 15.5 Å². The molecule has 1 aromatic heterocycles. The average Bonchev–Trinajstić information content (AvgIpc) is 2.94. The highest BCUT2D eigenvalue weighted by molar-refractivity contribution is 7.99. The fourth-order valence-corrected chi connectivity index (χ4v) is 2.81. The normalized spacial score (nSPS) is 10.7. The minimum absolute atomic E-state index is 0.177. The van der Waals surface area contributed by atoms with E-state index in [1.54, 1.807) is 35.9 Å². The van der Waals surface area contributed by atoms with E-state index < -0.39 is 0 Å². The molecule has 0 saturated carbocycles. The number of benzene rings is 1. The first-order valence-corrected chi connectivity index (χ1v) is 9.70. The van der Waals surface area contributed by atoms with E-state index in [2.05, 4.69) is 34.8 Å². The number of thiocarbonyl (C=S) groups is 1. The molecule has 0 atom stereocenters. The fraction of sp³-hybridized carbons (Fsp3) is 0.412. The topological polar surface area (TPSA) is 81.1 Å². The molecule has 26 heavy (non-hydrogen) atoms. The van der Waals surface area contributed by atoms with E-state index in [1.807, 2.05) is 6.92 Å². The quantitative estimate of drug-likeness (QED) is 0.553. The van der Waals surface area contributed by atoms with Crippen LogP contribution in [0.4, 0.5) is 0 Å². The number of aromatic nitrogens is 3. The maximum atomic E-state index is 12.3. The lowest BCUT2D eigenvalue weighted by Gasteiger charge is -2.13. The van der Waals surface area contributed by atoms with Gasteiger partial charge in [-0.25, -0.2) is 4.68 Å². The summed E-state index contributed by atoms with van der Waals surface area (Å²) in [6.45, 7) is 8.62. The predicted molar refractivity (Wildman–Crippen MR) is 107 cm³/mol. The Hall–Kier alpha value is -2.13. The second-order valence-electron chi connectivity index (χ2n) is 5.92. The molecule has 0 aliphatic rings. The van der Waals surface area contributed by atoms with Crippen LogP contribution in [0.3, 0.4) is 0 Å². The third kappa shape index (κ3) is 5.70. The molecule has 0 aliphatic heterocycles. The molecule has 7 nitrogen and oxygen atoms in total. The molecule has 140 valence electrons. The van der Waals surface area contributed by atoms with Gasteiger partial charge in [0.2, 0.25) is 5.16 Å². The number of aryl methyl sites for hydroxylation is 1. The number of carbonyl (C=O) groups is 1. The van der Waals surface area contributed by atoms with Gasteiger partial charge in [0.05, 0.1) is 6.61 Å². The third-order valence-corrected chi connectivity index (χ3v) is 4.21. The van der Waals surface area contributed by atoms with Crippen molar-refractivity contribution in [3.8, 4) is 5.75 Å². The molecule has 0 bridgehead atoms. The molecule has 1 aromatic carbocycles. The van der Waals surface area contributed by atoms with E-state index in [1.165, 1.54) is 11.8 Å². The molecular weight excluding hydrogens is 370 g/mol. The molecule has 0 radical (unpaired) electrons. The zero-order valence-corrected chi connectivity index (χ0v) is 16.9. The molecular formula is C17H23N5O2S2. The van der Waals surface area contributed by atoms with E-state index in [-0.39, 0.29) is 11.0 Å². The summed E-state index contributed by atoms with van der Waals surface area (Å²) >= 11 is 6.75. The van der Waals surface area contributed by atoms with Crippen molar-refractivity contribution in [1.29, 1.82) is 0 Å². The lowest BCUT2D eigenvalue weighted by molar-refractivity contribution is 0.0977. The Morgan fingerprint density at radius 1 is 1.31 bits per heavy atom. The van der Waals surface area contributed by atoms with Crippen molar-refractivity contribution >= 4 is 35.0 Å². The molecule has 2 N–H and O–H groups in total. The van der Waals surface area contributed by atoms with Gasteiger partial charge < -0.3 is 4.74 Å². The highest BCUT2D eigenvalue weighted by Gasteiger charge is 2.12. The molecule has 1 heterocycles. The second-order valence-corrected chi connectivity index (χ2v) is 7.56. The highest BCUT2D eigenvalue weighted by atomic mass is 32.2. The van der Waals surface area contributed by atoms with Gasteiger partial charge in [-0.1, -0.05) is 32.5 Å². The Kier molecular flexibility index (Phi) is 7.40. The summed E-state index contributed by atoms with van der Waals surface area (Å²) in [5.41, 5.74) is 3.43. The molecule has 1 amide bonds. The summed E-state index contributed by atoms with van der Waals surface area (Å²) in [5.74, 6) is 2.39. The first-order chi connectivity index (χ1) is 12.4. The smallest absolute Gasteiger partial charge is 0.257 e. The monoisotopic (exact) mass is 393 g/mol. The van der Waals surface area contributed by atoms with Crippen molar-refractivity contribution in [2.45, 2.75) is 32.9 Å². The Morgan fingerprint density at radius 3 is 2.62 bits per heavy atom. The van der Waals surface area contributed by atoms with Crippen LogP contribution in [0.2, 0.25) is 0 Å². The van der Waals surface area contributed by atoms with Gasteiger partial charge in [0.25, 0.3) is 5.91 Å². The Balaban J connectivity index is 1.95. The molecule has 0 saturated heterocycles. The van der Waals surface area contributed by atoms with E-state index in [0.717, 1.165) is 11.5 Å². The van der Waals surface area contributed by atoms with Crippen LogP contribution in [0.25, 0.3) is 0 Å². The first-order valence-electron chi connectivity index (χ1n) is 8.30. The maximum Gasteiger partial charge on any atom is 0.257 e. The van der Waals surface area contributed by atoms with Crippen LogP contribution in [-0.2, 0) is 0 Å². The van der Waals surface area contributed by atoms with Gasteiger partial charge in [-0.2, -0.15) is 0 Å². The number of amides is 1. The van der Waals surface area contributed by atoms with Crippen molar-refractivity contribution < 1.29 is 9.53 Å². The molecule has 0 aliphatic carbocycles. The summed E-state index contributed by atoms with van der Waals surface area (Å²) in [4.78, 5) is 12.3. The van der Waals surface area contributed by atoms with Crippen LogP contribution in [-0.4, -0.2) is 38.3 Å². The fourth-order valence-electron chi connectivity index (χ4n) is 1.96. The number of nitrogens with one attached hydrogen (secondary N) is 2. The maximum absolute atomic E-state index is 12.3. The largest absolute Gasteiger partial charge is 0.493 e. The summed E-state index contributed by atoms with van der Waals surface area (Å²) in [6, 6.07) is 6.95. The number of carbonyl (C=O) groups excluding carboxylic acids is 1. The molecule has 0 fully saturated rings. The number of hydrogen-bond acceptors (Lipinski definition) is 6. The van der Waals surface area contributed by atoms with Crippen molar-refractivity contribution in [3.63, 3.8) is 0 Å². The second kappa shape index (κ2) is 9.54. The van der Waals surface area contributed by atoms with Gasteiger partial charge in [-0.15, -0.1) is 10.2 Å². The van der Waals surface area contributed by atoms with Gasteiger partial charge in [0.15, 0.2) is 5.11 Å². The first kappa shape index (κ1) is 20.2. The van der Waals surface area contributed by atoms with Crippen molar-refractivity contribution in [3.05, 3.63) is 35.7 Å². The zero-order chi connectivity index (χ0) is 19.1. The van der Waals surface area contributed by atoms with E-state index in [9.17, 15) is 4.79 Å².